The maximum atomic E-state index is 12.5. The number of halogens is 2. The van der Waals surface area contributed by atoms with Gasteiger partial charge in [-0.1, -0.05) is 29.4 Å². The van der Waals surface area contributed by atoms with Gasteiger partial charge < -0.3 is 27.3 Å². The smallest absolute Gasteiger partial charge is 1.00 e. The summed E-state index contributed by atoms with van der Waals surface area (Å²) < 4.78 is 0. The van der Waals surface area contributed by atoms with Gasteiger partial charge >= 0.3 is 1.43 Å². The molecule has 2 amide bonds. The third kappa shape index (κ3) is 4.26. The summed E-state index contributed by atoms with van der Waals surface area (Å²) in [6, 6.07) is -0.135. The topological polar surface area (TPSA) is 64.1 Å². The summed E-state index contributed by atoms with van der Waals surface area (Å²) in [6.07, 6.45) is 5.57. The second kappa shape index (κ2) is 8.58. The molecule has 0 saturated carbocycles. The quantitative estimate of drug-likeness (QED) is 0.589. The number of rotatable bonds is 4. The number of hydrogen-bond donors (Lipinski definition) is 1. The Labute approximate surface area is 158 Å². The van der Waals surface area contributed by atoms with E-state index in [1.807, 2.05) is 12.2 Å². The molecule has 2 heterocycles. The lowest BCUT2D eigenvalue weighted by molar-refractivity contribution is -0.133. The monoisotopic (exact) mass is 393 g/mol. The minimum atomic E-state index is -0.135. The third-order valence-corrected chi connectivity index (χ3v) is 5.79. The third-order valence-electron chi connectivity index (χ3n) is 4.39. The molecule has 134 valence electrons. The summed E-state index contributed by atoms with van der Waals surface area (Å²) in [4.78, 5) is 30.2. The summed E-state index contributed by atoms with van der Waals surface area (Å²) in [6.45, 7) is 3.67. The van der Waals surface area contributed by atoms with Crippen LogP contribution in [0.25, 0.3) is 0 Å². The van der Waals surface area contributed by atoms with E-state index in [4.69, 9.17) is 16.7 Å². The maximum Gasteiger partial charge on any atom is 1.00 e. The minimum Gasteiger partial charge on any atom is -1.00 e. The lowest BCUT2D eigenvalue weighted by atomic mass is 10.1. The average Bonchev–Trinajstić information content (AvgIpc) is 2.84. The Hall–Kier alpha value is -0.730. The zero-order chi connectivity index (χ0) is 16.4. The molecule has 2 aliphatic heterocycles. The van der Waals surface area contributed by atoms with Crippen LogP contribution in [0.4, 0.5) is 4.79 Å². The number of carbonyl (C=O) groups excluding carboxylic acids is 2. The van der Waals surface area contributed by atoms with Crippen LogP contribution in [-0.2, 0) is 4.79 Å². The van der Waals surface area contributed by atoms with Gasteiger partial charge in [0.2, 0.25) is 5.91 Å². The fraction of sp³-hybridized carbons (Fsp3) is 0.600. The fourth-order valence-corrected chi connectivity index (χ4v) is 4.35. The molecular weight excluding hydrogens is 373 g/mol. The summed E-state index contributed by atoms with van der Waals surface area (Å²) in [5.41, 5.74) is 0. The Morgan fingerprint density at radius 3 is 2.75 bits per heavy atom. The molecule has 2 unspecified atom stereocenters. The molecule has 2 fully saturated rings. The van der Waals surface area contributed by atoms with Gasteiger partial charge in [-0.3, -0.25) is 14.5 Å². The Bertz CT molecular complexity index is 556. The molecule has 1 aliphatic carbocycles. The SMILES string of the molecule is O=C(CN1C(=O)SC2C=CC(Cl)=CC21)N1CCN(CCO)CC1.[Cl-].[H+]. The highest BCUT2D eigenvalue weighted by atomic mass is 35.5. The average molecular weight is 394 g/mol. The Kier molecular flexibility index (Phi) is 7.00. The van der Waals surface area contributed by atoms with Gasteiger partial charge in [-0.25, -0.2) is 0 Å². The van der Waals surface area contributed by atoms with Crippen LogP contribution in [0, 0.1) is 0 Å². The molecule has 6 nitrogen and oxygen atoms in total. The number of β-amino-alcohol motifs (C(OH)–C–C–N with tert-alkyl or cyclic N) is 1. The van der Waals surface area contributed by atoms with Crippen molar-refractivity contribution >= 4 is 34.5 Å². The number of piperazine rings is 1. The summed E-state index contributed by atoms with van der Waals surface area (Å²) in [5, 5.41) is 9.53. The number of aliphatic hydroxyl groups excluding tert-OH is 1. The summed E-state index contributed by atoms with van der Waals surface area (Å²) in [5.74, 6) is -0.0256. The number of fused-ring (bicyclic) bond motifs is 1. The summed E-state index contributed by atoms with van der Waals surface area (Å²) >= 11 is 7.28. The van der Waals surface area contributed by atoms with Gasteiger partial charge in [0.05, 0.1) is 17.9 Å². The summed E-state index contributed by atoms with van der Waals surface area (Å²) in [7, 11) is 0. The van der Waals surface area contributed by atoms with Crippen molar-refractivity contribution < 1.29 is 28.5 Å². The van der Waals surface area contributed by atoms with Crippen LogP contribution in [0.5, 0.6) is 0 Å². The largest absolute Gasteiger partial charge is 1.00 e. The van der Waals surface area contributed by atoms with Crippen LogP contribution in [-0.4, -0.2) is 88.1 Å². The van der Waals surface area contributed by atoms with Crippen LogP contribution < -0.4 is 12.4 Å². The second-order valence-electron chi connectivity index (χ2n) is 5.82. The molecule has 24 heavy (non-hydrogen) atoms. The molecule has 2 saturated heterocycles. The molecule has 3 rings (SSSR count). The van der Waals surface area contributed by atoms with E-state index in [0.717, 1.165) is 13.1 Å². The van der Waals surface area contributed by atoms with Crippen molar-refractivity contribution in [3.63, 3.8) is 0 Å². The van der Waals surface area contributed by atoms with Crippen molar-refractivity contribution in [2.45, 2.75) is 11.3 Å². The number of aliphatic hydroxyl groups is 1. The van der Waals surface area contributed by atoms with Crippen molar-refractivity contribution in [2.75, 3.05) is 45.9 Å². The van der Waals surface area contributed by atoms with Crippen LogP contribution in [0.1, 0.15) is 1.43 Å². The first kappa shape index (κ1) is 19.6. The molecule has 0 aromatic heterocycles. The van der Waals surface area contributed by atoms with E-state index in [2.05, 4.69) is 4.90 Å². The predicted molar refractivity (Wildman–Crippen MR) is 91.6 cm³/mol. The van der Waals surface area contributed by atoms with Crippen LogP contribution in [0.3, 0.4) is 0 Å². The molecular formula is C15H21Cl2N3O3S. The lowest BCUT2D eigenvalue weighted by Gasteiger charge is -2.35. The minimum absolute atomic E-state index is 0. The number of thioether (sulfide) groups is 1. The Balaban J connectivity index is 0.00000156. The highest BCUT2D eigenvalue weighted by Gasteiger charge is 2.41. The van der Waals surface area contributed by atoms with Crippen molar-refractivity contribution in [2.24, 2.45) is 0 Å². The molecule has 0 aromatic carbocycles. The molecule has 1 N–H and O–H groups in total. The van der Waals surface area contributed by atoms with Crippen LogP contribution in [0.15, 0.2) is 23.3 Å². The van der Waals surface area contributed by atoms with Gasteiger partial charge in [0, 0.05) is 37.8 Å². The van der Waals surface area contributed by atoms with Gasteiger partial charge in [-0.05, 0) is 12.2 Å². The number of hydrogen-bond acceptors (Lipinski definition) is 5. The number of amides is 2. The van der Waals surface area contributed by atoms with E-state index in [1.54, 1.807) is 15.9 Å². The van der Waals surface area contributed by atoms with Crippen molar-refractivity contribution in [1.82, 2.24) is 14.7 Å². The first-order valence-electron chi connectivity index (χ1n) is 7.72. The Morgan fingerprint density at radius 2 is 2.08 bits per heavy atom. The van der Waals surface area contributed by atoms with Crippen LogP contribution >= 0.6 is 23.4 Å². The van der Waals surface area contributed by atoms with Crippen molar-refractivity contribution in [1.29, 1.82) is 0 Å². The van der Waals surface area contributed by atoms with E-state index in [-0.39, 0.29) is 49.4 Å². The Morgan fingerprint density at radius 1 is 1.38 bits per heavy atom. The molecule has 0 spiro atoms. The normalized spacial score (nSPS) is 26.9. The van der Waals surface area contributed by atoms with E-state index in [1.165, 1.54) is 11.8 Å². The molecule has 0 aromatic rings. The first-order valence-corrected chi connectivity index (χ1v) is 8.98. The van der Waals surface area contributed by atoms with Gasteiger partial charge in [0.1, 0.15) is 6.54 Å². The molecule has 0 bridgehead atoms. The standard InChI is InChI=1S/C15H20ClN3O3S.ClH/c16-11-1-2-13-12(9-11)19(15(22)23-13)10-14(21)18-5-3-17(4-6-18)7-8-20;/h1-2,9,12-13,20H,3-8,10H2;1H. The van der Waals surface area contributed by atoms with Gasteiger partial charge in [0.25, 0.3) is 5.24 Å². The fourth-order valence-electron chi connectivity index (χ4n) is 3.07. The first-order chi connectivity index (χ1) is 11.1. The number of nitrogens with zero attached hydrogens (tertiary/aromatic N) is 3. The van der Waals surface area contributed by atoms with Gasteiger partial charge in [0.15, 0.2) is 0 Å². The zero-order valence-electron chi connectivity index (χ0n) is 14.1. The number of allylic oxidation sites excluding steroid dienone is 2. The highest BCUT2D eigenvalue weighted by molar-refractivity contribution is 8.14. The van der Waals surface area contributed by atoms with Gasteiger partial charge in [-0.2, -0.15) is 0 Å². The van der Waals surface area contributed by atoms with E-state index in [9.17, 15) is 9.59 Å². The van der Waals surface area contributed by atoms with E-state index in [0.29, 0.717) is 24.7 Å². The predicted octanol–water partition coefficient (Wildman–Crippen LogP) is -2.16. The second-order valence-corrected chi connectivity index (χ2v) is 7.39. The molecule has 3 aliphatic rings. The van der Waals surface area contributed by atoms with Crippen LogP contribution in [0.2, 0.25) is 0 Å². The van der Waals surface area contributed by atoms with Crippen molar-refractivity contribution in [3.8, 4) is 0 Å². The molecule has 9 heteroatoms. The van der Waals surface area contributed by atoms with E-state index < -0.39 is 0 Å². The lowest BCUT2D eigenvalue weighted by Crippen LogP contribution is -3.00. The zero-order valence-corrected chi connectivity index (χ0v) is 15.4. The molecule has 2 atom stereocenters. The number of carbonyl (C=O) groups is 2. The maximum absolute atomic E-state index is 12.5. The van der Waals surface area contributed by atoms with Crippen molar-refractivity contribution in [3.05, 3.63) is 23.3 Å². The molecule has 0 radical (unpaired) electrons. The van der Waals surface area contributed by atoms with Gasteiger partial charge in [-0.15, -0.1) is 0 Å². The van der Waals surface area contributed by atoms with E-state index >= 15 is 0 Å². The highest BCUT2D eigenvalue weighted by Crippen LogP contribution is 2.36.